The molecule has 0 fully saturated rings. The summed E-state index contributed by atoms with van der Waals surface area (Å²) in [6, 6.07) is 9.09. The molecule has 20 heavy (non-hydrogen) atoms. The standard InChI is InChI=1S/C16H20N2OS/c19-15(14-9-5-2-6-10-14)18-16(20)17-12-11-13-7-3-1-4-8-13/h2,5-7,9-10H,1,3-4,8,11-12H2,(H2,17,18,19,20). The summed E-state index contributed by atoms with van der Waals surface area (Å²) in [6.07, 6.45) is 8.33. The fourth-order valence-corrected chi connectivity index (χ4v) is 2.47. The Kier molecular flexibility index (Phi) is 5.74. The van der Waals surface area contributed by atoms with Crippen LogP contribution in [-0.2, 0) is 0 Å². The lowest BCUT2D eigenvalue weighted by atomic mass is 9.97. The number of hydrogen-bond acceptors (Lipinski definition) is 2. The highest BCUT2D eigenvalue weighted by atomic mass is 32.1. The fraction of sp³-hybridized carbons (Fsp3) is 0.375. The van der Waals surface area contributed by atoms with Gasteiger partial charge in [-0.1, -0.05) is 29.8 Å². The molecular formula is C16H20N2OS. The number of hydrogen-bond donors (Lipinski definition) is 2. The Morgan fingerprint density at radius 2 is 2.00 bits per heavy atom. The van der Waals surface area contributed by atoms with Gasteiger partial charge in [0.05, 0.1) is 0 Å². The van der Waals surface area contributed by atoms with Crippen molar-refractivity contribution in [1.82, 2.24) is 10.6 Å². The van der Waals surface area contributed by atoms with E-state index >= 15 is 0 Å². The van der Waals surface area contributed by atoms with Gasteiger partial charge in [-0.2, -0.15) is 0 Å². The first kappa shape index (κ1) is 14.7. The van der Waals surface area contributed by atoms with Crippen LogP contribution in [0.5, 0.6) is 0 Å². The Hall–Kier alpha value is -1.68. The van der Waals surface area contributed by atoms with Gasteiger partial charge in [-0.3, -0.25) is 10.1 Å². The first-order valence-corrected chi connectivity index (χ1v) is 7.48. The Morgan fingerprint density at radius 1 is 1.20 bits per heavy atom. The lowest BCUT2D eigenvalue weighted by molar-refractivity contribution is 0.0976. The molecule has 0 aliphatic heterocycles. The quantitative estimate of drug-likeness (QED) is 0.660. The highest BCUT2D eigenvalue weighted by molar-refractivity contribution is 7.80. The normalized spacial score (nSPS) is 14.3. The molecule has 2 N–H and O–H groups in total. The van der Waals surface area contributed by atoms with Gasteiger partial charge in [0.2, 0.25) is 0 Å². The summed E-state index contributed by atoms with van der Waals surface area (Å²) < 4.78 is 0. The Balaban J connectivity index is 1.70. The molecule has 1 aliphatic rings. The monoisotopic (exact) mass is 288 g/mol. The topological polar surface area (TPSA) is 41.1 Å². The zero-order valence-corrected chi connectivity index (χ0v) is 12.3. The SMILES string of the molecule is O=C(NC(=S)NCCC1=CCCCC1)c1ccccc1. The third-order valence-corrected chi connectivity index (χ3v) is 3.63. The molecule has 1 aliphatic carbocycles. The average molecular weight is 288 g/mol. The predicted molar refractivity (Wildman–Crippen MR) is 85.7 cm³/mol. The van der Waals surface area contributed by atoms with Crippen molar-refractivity contribution < 1.29 is 4.79 Å². The molecule has 4 heteroatoms. The molecule has 0 atom stereocenters. The van der Waals surface area contributed by atoms with Gasteiger partial charge < -0.3 is 5.32 Å². The summed E-state index contributed by atoms with van der Waals surface area (Å²) in [5, 5.41) is 6.18. The van der Waals surface area contributed by atoms with Gasteiger partial charge in [-0.05, 0) is 56.5 Å². The van der Waals surface area contributed by atoms with E-state index in [4.69, 9.17) is 12.2 Å². The largest absolute Gasteiger partial charge is 0.362 e. The summed E-state index contributed by atoms with van der Waals surface area (Å²) in [5.41, 5.74) is 2.12. The van der Waals surface area contributed by atoms with E-state index in [2.05, 4.69) is 16.7 Å². The van der Waals surface area contributed by atoms with Crippen molar-refractivity contribution in [2.45, 2.75) is 32.1 Å². The lowest BCUT2D eigenvalue weighted by Gasteiger charge is -2.14. The van der Waals surface area contributed by atoms with E-state index in [1.54, 1.807) is 12.1 Å². The number of rotatable bonds is 4. The molecular weight excluding hydrogens is 268 g/mol. The summed E-state index contributed by atoms with van der Waals surface area (Å²) in [5.74, 6) is -0.167. The van der Waals surface area contributed by atoms with Gasteiger partial charge in [0.1, 0.15) is 0 Å². The second-order valence-corrected chi connectivity index (χ2v) is 5.34. The van der Waals surface area contributed by atoms with Crippen molar-refractivity contribution in [3.63, 3.8) is 0 Å². The maximum absolute atomic E-state index is 11.9. The Morgan fingerprint density at radius 3 is 2.70 bits per heavy atom. The van der Waals surface area contributed by atoms with Crippen LogP contribution in [0.3, 0.4) is 0 Å². The fourth-order valence-electron chi connectivity index (χ4n) is 2.28. The molecule has 0 spiro atoms. The van der Waals surface area contributed by atoms with E-state index in [9.17, 15) is 4.79 Å². The highest BCUT2D eigenvalue weighted by Crippen LogP contribution is 2.19. The van der Waals surface area contributed by atoms with Crippen LogP contribution in [0.4, 0.5) is 0 Å². The van der Waals surface area contributed by atoms with Gasteiger partial charge >= 0.3 is 0 Å². The average Bonchev–Trinajstić information content (AvgIpc) is 2.49. The van der Waals surface area contributed by atoms with Crippen LogP contribution < -0.4 is 10.6 Å². The second kappa shape index (κ2) is 7.80. The third-order valence-electron chi connectivity index (χ3n) is 3.38. The van der Waals surface area contributed by atoms with Crippen molar-refractivity contribution in [3.8, 4) is 0 Å². The van der Waals surface area contributed by atoms with Crippen LogP contribution in [0.25, 0.3) is 0 Å². The number of carbonyl (C=O) groups excluding carboxylic acids is 1. The maximum Gasteiger partial charge on any atom is 0.257 e. The van der Waals surface area contributed by atoms with Crippen molar-refractivity contribution >= 4 is 23.2 Å². The zero-order valence-electron chi connectivity index (χ0n) is 11.5. The minimum Gasteiger partial charge on any atom is -0.362 e. The Bertz CT molecular complexity index is 496. The van der Waals surface area contributed by atoms with Crippen molar-refractivity contribution in [2.75, 3.05) is 6.54 Å². The van der Waals surface area contributed by atoms with E-state index in [1.807, 2.05) is 18.2 Å². The molecule has 1 aromatic rings. The number of allylic oxidation sites excluding steroid dienone is 1. The molecule has 0 saturated carbocycles. The molecule has 0 unspecified atom stereocenters. The molecule has 0 bridgehead atoms. The molecule has 0 radical (unpaired) electrons. The number of nitrogens with one attached hydrogen (secondary N) is 2. The summed E-state index contributed by atoms with van der Waals surface area (Å²) >= 11 is 5.13. The second-order valence-electron chi connectivity index (χ2n) is 4.93. The van der Waals surface area contributed by atoms with Crippen molar-refractivity contribution in [2.24, 2.45) is 0 Å². The van der Waals surface area contributed by atoms with Gasteiger partial charge in [-0.25, -0.2) is 0 Å². The molecule has 2 rings (SSSR count). The summed E-state index contributed by atoms with van der Waals surface area (Å²) in [6.45, 7) is 0.778. The number of amides is 1. The first-order valence-electron chi connectivity index (χ1n) is 7.08. The molecule has 0 aromatic heterocycles. The van der Waals surface area contributed by atoms with E-state index in [0.29, 0.717) is 10.7 Å². The third kappa shape index (κ3) is 4.78. The van der Waals surface area contributed by atoms with Crippen LogP contribution in [0, 0.1) is 0 Å². The molecule has 1 aromatic carbocycles. The smallest absolute Gasteiger partial charge is 0.257 e. The Labute approximate surface area is 125 Å². The first-order chi connectivity index (χ1) is 9.75. The molecule has 106 valence electrons. The lowest BCUT2D eigenvalue weighted by Crippen LogP contribution is -2.39. The minimum absolute atomic E-state index is 0.167. The maximum atomic E-state index is 11.9. The molecule has 3 nitrogen and oxygen atoms in total. The van der Waals surface area contributed by atoms with E-state index in [-0.39, 0.29) is 5.91 Å². The zero-order chi connectivity index (χ0) is 14.2. The minimum atomic E-state index is -0.167. The van der Waals surface area contributed by atoms with E-state index in [1.165, 1.54) is 31.3 Å². The van der Waals surface area contributed by atoms with Gasteiger partial charge in [-0.15, -0.1) is 0 Å². The van der Waals surface area contributed by atoms with Crippen LogP contribution in [-0.4, -0.2) is 17.6 Å². The van der Waals surface area contributed by atoms with Crippen LogP contribution in [0.1, 0.15) is 42.5 Å². The van der Waals surface area contributed by atoms with Gasteiger partial charge in [0.15, 0.2) is 5.11 Å². The van der Waals surface area contributed by atoms with E-state index in [0.717, 1.165) is 13.0 Å². The van der Waals surface area contributed by atoms with Crippen molar-refractivity contribution in [1.29, 1.82) is 0 Å². The van der Waals surface area contributed by atoms with Crippen LogP contribution in [0.15, 0.2) is 42.0 Å². The summed E-state index contributed by atoms with van der Waals surface area (Å²) in [4.78, 5) is 11.9. The van der Waals surface area contributed by atoms with Gasteiger partial charge in [0.25, 0.3) is 5.91 Å². The molecule has 0 saturated heterocycles. The number of benzene rings is 1. The van der Waals surface area contributed by atoms with Crippen molar-refractivity contribution in [3.05, 3.63) is 47.5 Å². The number of carbonyl (C=O) groups is 1. The number of thiocarbonyl (C=S) groups is 1. The molecule has 0 heterocycles. The summed E-state index contributed by atoms with van der Waals surface area (Å²) in [7, 11) is 0. The van der Waals surface area contributed by atoms with Crippen LogP contribution in [0.2, 0.25) is 0 Å². The van der Waals surface area contributed by atoms with E-state index < -0.39 is 0 Å². The predicted octanol–water partition coefficient (Wildman–Crippen LogP) is 3.18. The molecule has 1 amide bonds. The van der Waals surface area contributed by atoms with Gasteiger partial charge in [0, 0.05) is 12.1 Å². The highest BCUT2D eigenvalue weighted by Gasteiger charge is 2.07. The van der Waals surface area contributed by atoms with Crippen LogP contribution >= 0.6 is 12.2 Å².